The molecule has 2 heterocycles. The fourth-order valence-corrected chi connectivity index (χ4v) is 2.72. The number of carbonyl (C=O) groups excluding carboxylic acids is 1. The number of carbonyl (C=O) groups is 1. The average molecular weight is 326 g/mol. The summed E-state index contributed by atoms with van der Waals surface area (Å²) in [6.07, 6.45) is 3.71. The highest BCUT2D eigenvalue weighted by Crippen LogP contribution is 2.20. The summed E-state index contributed by atoms with van der Waals surface area (Å²) in [5, 5.41) is 3.11. The maximum Gasteiger partial charge on any atom is 0.272 e. The number of methoxy groups -OCH3 is 1. The van der Waals surface area contributed by atoms with Gasteiger partial charge in [-0.3, -0.25) is 4.79 Å². The topological polar surface area (TPSA) is 67.3 Å². The second kappa shape index (κ2) is 7.29. The quantitative estimate of drug-likeness (QED) is 0.935. The first-order valence-electron chi connectivity index (χ1n) is 8.19. The molecular formula is C18H22N4O2. The molecule has 6 heteroatoms. The Kier molecular flexibility index (Phi) is 4.93. The molecule has 3 rings (SSSR count). The SMILES string of the molecule is COc1ccc(Nc2nccc(C(=O)N3CCC(C)CC3)n2)cc1. The maximum absolute atomic E-state index is 12.6. The summed E-state index contributed by atoms with van der Waals surface area (Å²) in [6, 6.07) is 9.13. The van der Waals surface area contributed by atoms with E-state index >= 15 is 0 Å². The van der Waals surface area contributed by atoms with Crippen LogP contribution in [0, 0.1) is 5.92 Å². The fourth-order valence-electron chi connectivity index (χ4n) is 2.72. The number of rotatable bonds is 4. The Balaban J connectivity index is 1.70. The zero-order valence-corrected chi connectivity index (χ0v) is 14.0. The molecule has 0 bridgehead atoms. The van der Waals surface area contributed by atoms with Crippen LogP contribution in [-0.4, -0.2) is 41.0 Å². The van der Waals surface area contributed by atoms with E-state index < -0.39 is 0 Å². The van der Waals surface area contributed by atoms with Gasteiger partial charge in [-0.2, -0.15) is 0 Å². The Bertz CT molecular complexity index is 694. The van der Waals surface area contributed by atoms with Gasteiger partial charge in [0.15, 0.2) is 0 Å². The minimum absolute atomic E-state index is 0.0259. The molecule has 1 aromatic carbocycles. The molecule has 126 valence electrons. The summed E-state index contributed by atoms with van der Waals surface area (Å²) in [7, 11) is 1.63. The average Bonchev–Trinajstić information content (AvgIpc) is 2.63. The lowest BCUT2D eigenvalue weighted by Gasteiger charge is -2.30. The van der Waals surface area contributed by atoms with Gasteiger partial charge in [-0.05, 0) is 49.1 Å². The number of hydrogen-bond donors (Lipinski definition) is 1. The Labute approximate surface area is 141 Å². The van der Waals surface area contributed by atoms with E-state index in [1.165, 1.54) is 0 Å². The number of likely N-dealkylation sites (tertiary alicyclic amines) is 1. The molecule has 1 fully saturated rings. The van der Waals surface area contributed by atoms with E-state index in [-0.39, 0.29) is 5.91 Å². The molecule has 1 aliphatic heterocycles. The van der Waals surface area contributed by atoms with E-state index in [9.17, 15) is 4.79 Å². The number of anilines is 2. The molecule has 6 nitrogen and oxygen atoms in total. The monoisotopic (exact) mass is 326 g/mol. The number of nitrogens with one attached hydrogen (secondary N) is 1. The standard InChI is InChI=1S/C18H22N4O2/c1-13-8-11-22(12-9-13)17(23)16-7-10-19-18(21-16)20-14-3-5-15(24-2)6-4-14/h3-7,10,13H,8-9,11-12H2,1-2H3,(H,19,20,21). The third-order valence-electron chi connectivity index (χ3n) is 4.29. The van der Waals surface area contributed by atoms with Crippen LogP contribution in [0.5, 0.6) is 5.75 Å². The van der Waals surface area contributed by atoms with Crippen LogP contribution in [0.15, 0.2) is 36.5 Å². The van der Waals surface area contributed by atoms with Gasteiger partial charge < -0.3 is 15.0 Å². The molecule has 1 saturated heterocycles. The highest BCUT2D eigenvalue weighted by molar-refractivity contribution is 5.92. The molecule has 0 radical (unpaired) electrons. The summed E-state index contributed by atoms with van der Waals surface area (Å²) < 4.78 is 5.14. The Morgan fingerprint density at radius 2 is 1.92 bits per heavy atom. The molecule has 24 heavy (non-hydrogen) atoms. The van der Waals surface area contributed by atoms with Crippen molar-refractivity contribution < 1.29 is 9.53 Å². The van der Waals surface area contributed by atoms with Crippen molar-refractivity contribution in [1.82, 2.24) is 14.9 Å². The van der Waals surface area contributed by atoms with Crippen LogP contribution in [0.2, 0.25) is 0 Å². The summed E-state index contributed by atoms with van der Waals surface area (Å²) in [6.45, 7) is 3.82. The predicted molar refractivity (Wildman–Crippen MR) is 92.6 cm³/mol. The predicted octanol–water partition coefficient (Wildman–Crippen LogP) is 3.10. The van der Waals surface area contributed by atoms with Crippen molar-refractivity contribution in [2.24, 2.45) is 5.92 Å². The zero-order valence-electron chi connectivity index (χ0n) is 14.0. The summed E-state index contributed by atoms with van der Waals surface area (Å²) in [5.74, 6) is 1.86. The summed E-state index contributed by atoms with van der Waals surface area (Å²) in [4.78, 5) is 23.0. The molecule has 0 saturated carbocycles. The van der Waals surface area contributed by atoms with E-state index in [2.05, 4.69) is 22.2 Å². The van der Waals surface area contributed by atoms with Crippen LogP contribution in [0.1, 0.15) is 30.3 Å². The first kappa shape index (κ1) is 16.2. The van der Waals surface area contributed by atoms with Crippen LogP contribution in [0.3, 0.4) is 0 Å². The van der Waals surface area contributed by atoms with Crippen molar-refractivity contribution in [3.63, 3.8) is 0 Å². The number of hydrogen-bond acceptors (Lipinski definition) is 5. The van der Waals surface area contributed by atoms with Gasteiger partial charge in [0, 0.05) is 25.0 Å². The molecule has 0 aliphatic carbocycles. The smallest absolute Gasteiger partial charge is 0.272 e. The molecule has 1 aromatic heterocycles. The van der Waals surface area contributed by atoms with Gasteiger partial charge in [0.25, 0.3) is 5.91 Å². The third-order valence-corrected chi connectivity index (χ3v) is 4.29. The number of benzene rings is 1. The number of ether oxygens (including phenoxy) is 1. The van der Waals surface area contributed by atoms with Gasteiger partial charge in [0.2, 0.25) is 5.95 Å². The Hall–Kier alpha value is -2.63. The van der Waals surface area contributed by atoms with Crippen LogP contribution < -0.4 is 10.1 Å². The molecule has 1 aliphatic rings. The number of aromatic nitrogens is 2. The van der Waals surface area contributed by atoms with Crippen molar-refractivity contribution >= 4 is 17.5 Å². The van der Waals surface area contributed by atoms with E-state index in [1.54, 1.807) is 19.4 Å². The van der Waals surface area contributed by atoms with Crippen LogP contribution in [0.25, 0.3) is 0 Å². The highest BCUT2D eigenvalue weighted by Gasteiger charge is 2.22. The number of nitrogens with zero attached hydrogens (tertiary/aromatic N) is 3. The van der Waals surface area contributed by atoms with E-state index in [1.807, 2.05) is 29.2 Å². The fraction of sp³-hybridized carbons (Fsp3) is 0.389. The van der Waals surface area contributed by atoms with Crippen molar-refractivity contribution in [2.75, 3.05) is 25.5 Å². The largest absolute Gasteiger partial charge is 0.497 e. The number of amides is 1. The van der Waals surface area contributed by atoms with Gasteiger partial charge in [-0.15, -0.1) is 0 Å². The van der Waals surface area contributed by atoms with E-state index in [0.29, 0.717) is 17.6 Å². The summed E-state index contributed by atoms with van der Waals surface area (Å²) >= 11 is 0. The van der Waals surface area contributed by atoms with Gasteiger partial charge in [0.05, 0.1) is 7.11 Å². The minimum atomic E-state index is -0.0259. The lowest BCUT2D eigenvalue weighted by Crippen LogP contribution is -2.38. The van der Waals surface area contributed by atoms with E-state index in [0.717, 1.165) is 37.4 Å². The van der Waals surface area contributed by atoms with Crippen molar-refractivity contribution in [1.29, 1.82) is 0 Å². The van der Waals surface area contributed by atoms with E-state index in [4.69, 9.17) is 4.74 Å². The Morgan fingerprint density at radius 3 is 2.58 bits per heavy atom. The molecule has 0 atom stereocenters. The second-order valence-corrected chi connectivity index (χ2v) is 6.09. The van der Waals surface area contributed by atoms with Crippen LogP contribution in [0.4, 0.5) is 11.6 Å². The van der Waals surface area contributed by atoms with Gasteiger partial charge >= 0.3 is 0 Å². The molecule has 1 amide bonds. The Morgan fingerprint density at radius 1 is 1.21 bits per heavy atom. The van der Waals surface area contributed by atoms with Crippen molar-refractivity contribution in [2.45, 2.75) is 19.8 Å². The second-order valence-electron chi connectivity index (χ2n) is 6.09. The number of piperidine rings is 1. The normalized spacial score (nSPS) is 15.2. The molecule has 1 N–H and O–H groups in total. The minimum Gasteiger partial charge on any atom is -0.497 e. The lowest BCUT2D eigenvalue weighted by atomic mass is 9.99. The summed E-state index contributed by atoms with van der Waals surface area (Å²) in [5.41, 5.74) is 1.27. The lowest BCUT2D eigenvalue weighted by molar-refractivity contribution is 0.0691. The molecule has 0 unspecified atom stereocenters. The van der Waals surface area contributed by atoms with Crippen molar-refractivity contribution in [3.8, 4) is 5.75 Å². The highest BCUT2D eigenvalue weighted by atomic mass is 16.5. The van der Waals surface area contributed by atoms with Crippen molar-refractivity contribution in [3.05, 3.63) is 42.2 Å². The van der Waals surface area contributed by atoms with Crippen LogP contribution in [-0.2, 0) is 0 Å². The van der Waals surface area contributed by atoms with Gasteiger partial charge in [0.1, 0.15) is 11.4 Å². The molecule has 0 spiro atoms. The first-order chi connectivity index (χ1) is 11.7. The maximum atomic E-state index is 12.6. The van der Waals surface area contributed by atoms with Gasteiger partial charge in [-0.1, -0.05) is 6.92 Å². The zero-order chi connectivity index (χ0) is 16.9. The molecular weight excluding hydrogens is 304 g/mol. The first-order valence-corrected chi connectivity index (χ1v) is 8.19. The van der Waals surface area contributed by atoms with Gasteiger partial charge in [-0.25, -0.2) is 9.97 Å². The molecule has 2 aromatic rings. The van der Waals surface area contributed by atoms with Crippen LogP contribution >= 0.6 is 0 Å². The third kappa shape index (κ3) is 3.82.